The molecule has 29 heavy (non-hydrogen) atoms. The molecule has 148 valence electrons. The van der Waals surface area contributed by atoms with E-state index in [-0.39, 0.29) is 17.4 Å². The minimum atomic E-state index is -0.343. The first kappa shape index (κ1) is 20.4. The highest BCUT2D eigenvalue weighted by molar-refractivity contribution is 6.34. The molecule has 0 saturated heterocycles. The highest BCUT2D eigenvalue weighted by atomic mass is 35.5. The molecule has 2 amide bonds. The molecular weight excluding hydrogens is 386 g/mol. The summed E-state index contributed by atoms with van der Waals surface area (Å²) in [5.41, 5.74) is 3.01. The fourth-order valence-corrected chi connectivity index (χ4v) is 2.95. The van der Waals surface area contributed by atoms with E-state index >= 15 is 0 Å². The molecule has 0 fully saturated rings. The number of hydrogen-bond acceptors (Lipinski definition) is 3. The maximum atomic E-state index is 12.6. The van der Waals surface area contributed by atoms with Crippen LogP contribution in [0.25, 0.3) is 0 Å². The summed E-state index contributed by atoms with van der Waals surface area (Å²) in [6.45, 7) is 2.94. The van der Waals surface area contributed by atoms with E-state index in [2.05, 4.69) is 22.5 Å². The van der Waals surface area contributed by atoms with Gasteiger partial charge in [0.1, 0.15) is 0 Å². The van der Waals surface area contributed by atoms with Crippen LogP contribution < -0.4 is 15.5 Å². The second-order valence-corrected chi connectivity index (χ2v) is 6.94. The summed E-state index contributed by atoms with van der Waals surface area (Å²) in [5.74, 6) is -0.600. The van der Waals surface area contributed by atoms with Crippen LogP contribution in [0.2, 0.25) is 5.02 Å². The lowest BCUT2D eigenvalue weighted by atomic mass is 10.1. The number of amides is 2. The number of rotatable bonds is 6. The van der Waals surface area contributed by atoms with Gasteiger partial charge in [0.25, 0.3) is 11.8 Å². The average molecular weight is 408 g/mol. The van der Waals surface area contributed by atoms with Gasteiger partial charge in [-0.25, -0.2) is 0 Å². The molecule has 0 spiro atoms. The Labute approximate surface area is 175 Å². The molecule has 5 nitrogen and oxygen atoms in total. The molecule has 3 aromatic rings. The first-order chi connectivity index (χ1) is 14.0. The Morgan fingerprint density at radius 1 is 0.862 bits per heavy atom. The van der Waals surface area contributed by atoms with Crippen molar-refractivity contribution >= 4 is 40.5 Å². The lowest BCUT2D eigenvalue weighted by Crippen LogP contribution is -2.17. The van der Waals surface area contributed by atoms with E-state index < -0.39 is 0 Å². The number of anilines is 3. The van der Waals surface area contributed by atoms with E-state index in [1.54, 1.807) is 42.5 Å². The van der Waals surface area contributed by atoms with Crippen LogP contribution in [0.3, 0.4) is 0 Å². The highest BCUT2D eigenvalue weighted by Gasteiger charge is 2.13. The molecule has 0 heterocycles. The van der Waals surface area contributed by atoms with Crippen LogP contribution in [0.5, 0.6) is 0 Å². The third-order valence-electron chi connectivity index (χ3n) is 4.55. The first-order valence-electron chi connectivity index (χ1n) is 9.26. The predicted molar refractivity (Wildman–Crippen MR) is 119 cm³/mol. The zero-order valence-electron chi connectivity index (χ0n) is 16.3. The molecule has 0 aromatic heterocycles. The van der Waals surface area contributed by atoms with Crippen molar-refractivity contribution in [3.8, 4) is 0 Å². The number of carbonyl (C=O) groups excluding carboxylic acids is 2. The van der Waals surface area contributed by atoms with E-state index in [0.717, 1.165) is 12.2 Å². The van der Waals surface area contributed by atoms with Gasteiger partial charge in [-0.1, -0.05) is 29.8 Å². The van der Waals surface area contributed by atoms with Crippen molar-refractivity contribution in [2.45, 2.75) is 6.92 Å². The number of para-hydroxylation sites is 1. The molecule has 6 heteroatoms. The van der Waals surface area contributed by atoms with Crippen LogP contribution in [-0.4, -0.2) is 25.4 Å². The molecule has 0 unspecified atom stereocenters. The third-order valence-corrected chi connectivity index (χ3v) is 4.87. The van der Waals surface area contributed by atoms with Gasteiger partial charge in [0.2, 0.25) is 0 Å². The predicted octanol–water partition coefficient (Wildman–Crippen LogP) is 5.30. The summed E-state index contributed by atoms with van der Waals surface area (Å²) in [5, 5.41) is 5.92. The zero-order valence-corrected chi connectivity index (χ0v) is 17.0. The van der Waals surface area contributed by atoms with Crippen LogP contribution >= 0.6 is 11.6 Å². The van der Waals surface area contributed by atoms with Crippen molar-refractivity contribution in [2.75, 3.05) is 29.1 Å². The number of nitrogens with zero attached hydrogens (tertiary/aromatic N) is 1. The van der Waals surface area contributed by atoms with Crippen LogP contribution in [0.1, 0.15) is 27.6 Å². The van der Waals surface area contributed by atoms with Gasteiger partial charge in [0, 0.05) is 36.2 Å². The van der Waals surface area contributed by atoms with Crippen molar-refractivity contribution in [1.29, 1.82) is 0 Å². The number of carbonyl (C=O) groups is 2. The second-order valence-electron chi connectivity index (χ2n) is 6.53. The summed E-state index contributed by atoms with van der Waals surface area (Å²) in [7, 11) is 1.99. The number of nitrogens with one attached hydrogen (secondary N) is 2. The van der Waals surface area contributed by atoms with E-state index in [4.69, 9.17) is 11.6 Å². The topological polar surface area (TPSA) is 61.4 Å². The van der Waals surface area contributed by atoms with Crippen molar-refractivity contribution in [3.05, 3.63) is 88.9 Å². The Kier molecular flexibility index (Phi) is 6.52. The fraction of sp³-hybridized carbons (Fsp3) is 0.130. The average Bonchev–Trinajstić information content (AvgIpc) is 2.75. The zero-order chi connectivity index (χ0) is 20.8. The fourth-order valence-electron chi connectivity index (χ4n) is 2.75. The molecule has 0 bridgehead atoms. The Balaban J connectivity index is 1.73. The van der Waals surface area contributed by atoms with Crippen LogP contribution in [0.15, 0.2) is 72.8 Å². The van der Waals surface area contributed by atoms with Crippen molar-refractivity contribution < 1.29 is 9.59 Å². The lowest BCUT2D eigenvalue weighted by molar-refractivity contribution is 0.101. The monoisotopic (exact) mass is 407 g/mol. The summed E-state index contributed by atoms with van der Waals surface area (Å²) in [6.07, 6.45) is 0. The van der Waals surface area contributed by atoms with E-state index in [1.165, 1.54) is 0 Å². The van der Waals surface area contributed by atoms with Gasteiger partial charge in [-0.3, -0.25) is 9.59 Å². The Morgan fingerprint density at radius 2 is 1.52 bits per heavy atom. The summed E-state index contributed by atoms with van der Waals surface area (Å²) in [4.78, 5) is 27.2. The van der Waals surface area contributed by atoms with Crippen molar-refractivity contribution in [1.82, 2.24) is 0 Å². The van der Waals surface area contributed by atoms with Gasteiger partial charge < -0.3 is 15.5 Å². The van der Waals surface area contributed by atoms with Gasteiger partial charge in [0.15, 0.2) is 0 Å². The van der Waals surface area contributed by atoms with E-state index in [0.29, 0.717) is 22.0 Å². The van der Waals surface area contributed by atoms with E-state index in [9.17, 15) is 9.59 Å². The Hall–Kier alpha value is -3.31. The van der Waals surface area contributed by atoms with Crippen molar-refractivity contribution in [2.24, 2.45) is 0 Å². The largest absolute Gasteiger partial charge is 0.375 e. The van der Waals surface area contributed by atoms with Gasteiger partial charge in [-0.05, 0) is 61.5 Å². The molecular formula is C23H22ClN3O2. The molecule has 0 atom stereocenters. The molecule has 0 radical (unpaired) electrons. The summed E-state index contributed by atoms with van der Waals surface area (Å²) >= 11 is 6.19. The smallest absolute Gasteiger partial charge is 0.257 e. The SMILES string of the molecule is CCN(C)c1ccc(C(=O)Nc2ccc(Cl)c(C(=O)Nc3ccccc3)c2)cc1. The van der Waals surface area contributed by atoms with Gasteiger partial charge in [-0.15, -0.1) is 0 Å². The lowest BCUT2D eigenvalue weighted by Gasteiger charge is -2.16. The number of hydrogen-bond donors (Lipinski definition) is 2. The molecule has 0 aliphatic rings. The summed E-state index contributed by atoms with van der Waals surface area (Å²) in [6, 6.07) is 21.3. The van der Waals surface area contributed by atoms with Crippen LogP contribution in [-0.2, 0) is 0 Å². The van der Waals surface area contributed by atoms with Gasteiger partial charge >= 0.3 is 0 Å². The minimum Gasteiger partial charge on any atom is -0.375 e. The standard InChI is InChI=1S/C23H22ClN3O2/c1-3-27(2)19-12-9-16(10-13-19)22(28)26-18-11-14-21(24)20(15-18)23(29)25-17-7-5-4-6-8-17/h4-15H,3H2,1-2H3,(H,25,29)(H,26,28). The Bertz CT molecular complexity index is 1000. The minimum absolute atomic E-state index is 0.257. The maximum absolute atomic E-state index is 12.6. The molecule has 3 aromatic carbocycles. The molecule has 0 aliphatic heterocycles. The Morgan fingerprint density at radius 3 is 2.17 bits per heavy atom. The molecule has 3 rings (SSSR count). The number of benzene rings is 3. The van der Waals surface area contributed by atoms with E-state index in [1.807, 2.05) is 37.4 Å². The summed E-state index contributed by atoms with van der Waals surface area (Å²) < 4.78 is 0. The van der Waals surface area contributed by atoms with Crippen molar-refractivity contribution in [3.63, 3.8) is 0 Å². The number of halogens is 1. The second kappa shape index (κ2) is 9.26. The quantitative estimate of drug-likeness (QED) is 0.582. The first-order valence-corrected chi connectivity index (χ1v) is 9.64. The maximum Gasteiger partial charge on any atom is 0.257 e. The van der Waals surface area contributed by atoms with Crippen LogP contribution in [0, 0.1) is 0 Å². The van der Waals surface area contributed by atoms with Crippen LogP contribution in [0.4, 0.5) is 17.1 Å². The molecule has 2 N–H and O–H groups in total. The normalized spacial score (nSPS) is 10.3. The van der Waals surface area contributed by atoms with Gasteiger partial charge in [-0.2, -0.15) is 0 Å². The van der Waals surface area contributed by atoms with Gasteiger partial charge in [0.05, 0.1) is 10.6 Å². The molecule has 0 saturated carbocycles. The highest BCUT2D eigenvalue weighted by Crippen LogP contribution is 2.23. The third kappa shape index (κ3) is 5.15. The molecule has 0 aliphatic carbocycles.